The van der Waals surface area contributed by atoms with E-state index in [0.29, 0.717) is 11.8 Å². The summed E-state index contributed by atoms with van der Waals surface area (Å²) in [5.41, 5.74) is 1.08. The van der Waals surface area contributed by atoms with Crippen LogP contribution in [0, 0.1) is 12.8 Å². The molecule has 2 rings (SSSR count). The molecule has 1 saturated carbocycles. The summed E-state index contributed by atoms with van der Waals surface area (Å²) in [7, 11) is 0. The van der Waals surface area contributed by atoms with Crippen molar-refractivity contribution in [1.82, 2.24) is 9.97 Å². The number of nitrogens with one attached hydrogen (secondary N) is 2. The van der Waals surface area contributed by atoms with Gasteiger partial charge in [-0.3, -0.25) is 0 Å². The highest BCUT2D eigenvalue weighted by molar-refractivity contribution is 5.57. The number of aliphatic hydroxyl groups excluding tert-OH is 1. The molecule has 0 radical (unpaired) electrons. The number of rotatable bonds is 7. The maximum absolute atomic E-state index is 9.36. The largest absolute Gasteiger partial charge is 0.393 e. The molecule has 0 saturated heterocycles. The van der Waals surface area contributed by atoms with E-state index < -0.39 is 0 Å². The molecule has 3 N–H and O–H groups in total. The monoisotopic (exact) mass is 292 g/mol. The first kappa shape index (κ1) is 16.0. The van der Waals surface area contributed by atoms with Gasteiger partial charge in [0.05, 0.1) is 6.10 Å². The Morgan fingerprint density at radius 3 is 2.33 bits per heavy atom. The molecule has 0 bridgehead atoms. The zero-order valence-corrected chi connectivity index (χ0v) is 13.6. The molecule has 0 atom stereocenters. The highest BCUT2D eigenvalue weighted by Crippen LogP contribution is 2.29. The zero-order chi connectivity index (χ0) is 15.4. The lowest BCUT2D eigenvalue weighted by atomic mass is 9.82. The van der Waals surface area contributed by atoms with E-state index in [9.17, 15) is 5.11 Å². The van der Waals surface area contributed by atoms with Crippen molar-refractivity contribution in [3.8, 4) is 0 Å². The minimum Gasteiger partial charge on any atom is -0.393 e. The third-order valence-electron chi connectivity index (χ3n) is 3.99. The number of hydrogen-bond acceptors (Lipinski definition) is 5. The van der Waals surface area contributed by atoms with E-state index >= 15 is 0 Å². The normalized spacial score (nSPS) is 21.2. The van der Waals surface area contributed by atoms with Crippen molar-refractivity contribution in [3.05, 3.63) is 11.4 Å². The Kier molecular flexibility index (Phi) is 5.39. The van der Waals surface area contributed by atoms with E-state index in [0.717, 1.165) is 55.4 Å². The van der Waals surface area contributed by atoms with Gasteiger partial charge in [0.15, 0.2) is 0 Å². The van der Waals surface area contributed by atoms with Gasteiger partial charge >= 0.3 is 0 Å². The van der Waals surface area contributed by atoms with E-state index in [4.69, 9.17) is 0 Å². The molecular formula is C16H28N4O. The first-order valence-electron chi connectivity index (χ1n) is 8.05. The average Bonchev–Trinajstić information content (AvgIpc) is 2.42. The summed E-state index contributed by atoms with van der Waals surface area (Å²) < 4.78 is 0. The molecule has 1 heterocycles. The van der Waals surface area contributed by atoms with Crippen LogP contribution >= 0.6 is 0 Å². The van der Waals surface area contributed by atoms with Crippen LogP contribution in [0.3, 0.4) is 0 Å². The Balaban J connectivity index is 2.11. The van der Waals surface area contributed by atoms with Gasteiger partial charge < -0.3 is 15.7 Å². The number of nitrogens with zero attached hydrogens (tertiary/aromatic N) is 2. The highest BCUT2D eigenvalue weighted by Gasteiger charge is 2.27. The molecule has 21 heavy (non-hydrogen) atoms. The van der Waals surface area contributed by atoms with Crippen molar-refractivity contribution in [1.29, 1.82) is 0 Å². The van der Waals surface area contributed by atoms with E-state index in [1.165, 1.54) is 0 Å². The molecule has 1 fully saturated rings. The van der Waals surface area contributed by atoms with Crippen molar-refractivity contribution in [2.24, 2.45) is 5.92 Å². The molecule has 1 aliphatic carbocycles. The molecule has 1 aliphatic rings. The first-order valence-corrected chi connectivity index (χ1v) is 8.05. The van der Waals surface area contributed by atoms with E-state index in [1.54, 1.807) is 0 Å². The molecule has 1 aromatic rings. The van der Waals surface area contributed by atoms with Gasteiger partial charge in [-0.25, -0.2) is 9.97 Å². The fraction of sp³-hybridized carbons (Fsp3) is 0.750. The van der Waals surface area contributed by atoms with Crippen LogP contribution in [0.1, 0.15) is 57.3 Å². The van der Waals surface area contributed by atoms with Crippen LogP contribution < -0.4 is 10.6 Å². The van der Waals surface area contributed by atoms with Crippen LogP contribution in [0.4, 0.5) is 11.6 Å². The molecule has 5 heteroatoms. The van der Waals surface area contributed by atoms with Crippen molar-refractivity contribution >= 4 is 11.6 Å². The maximum atomic E-state index is 9.36. The van der Waals surface area contributed by atoms with Crippen molar-refractivity contribution < 1.29 is 5.11 Å². The second kappa shape index (κ2) is 7.07. The van der Waals surface area contributed by atoms with Crippen molar-refractivity contribution in [2.75, 3.05) is 23.7 Å². The maximum Gasteiger partial charge on any atom is 0.135 e. The molecule has 118 valence electrons. The molecule has 0 unspecified atom stereocenters. The summed E-state index contributed by atoms with van der Waals surface area (Å²) in [5.74, 6) is 3.60. The Bertz CT molecular complexity index is 470. The first-order chi connectivity index (χ1) is 10.0. The van der Waals surface area contributed by atoms with E-state index in [1.807, 2.05) is 0 Å². The fourth-order valence-corrected chi connectivity index (χ4v) is 2.49. The van der Waals surface area contributed by atoms with Gasteiger partial charge in [-0.05, 0) is 32.1 Å². The third kappa shape index (κ3) is 4.06. The van der Waals surface area contributed by atoms with Gasteiger partial charge in [-0.1, -0.05) is 20.8 Å². The van der Waals surface area contributed by atoms with Crippen LogP contribution in [-0.4, -0.2) is 34.3 Å². The summed E-state index contributed by atoms with van der Waals surface area (Å²) >= 11 is 0. The Hall–Kier alpha value is -1.36. The second-order valence-corrected chi connectivity index (χ2v) is 6.36. The zero-order valence-electron chi connectivity index (χ0n) is 13.6. The summed E-state index contributed by atoms with van der Waals surface area (Å²) in [5, 5.41) is 16.2. The molecule has 0 amide bonds. The van der Waals surface area contributed by atoms with Crippen LogP contribution in [0.5, 0.6) is 0 Å². The van der Waals surface area contributed by atoms with Gasteiger partial charge in [0.25, 0.3) is 0 Å². The number of anilines is 2. The van der Waals surface area contributed by atoms with Gasteiger partial charge in [-0.15, -0.1) is 0 Å². The van der Waals surface area contributed by atoms with Gasteiger partial charge in [0.2, 0.25) is 0 Å². The van der Waals surface area contributed by atoms with Crippen LogP contribution in [0.25, 0.3) is 0 Å². The minimum atomic E-state index is -0.101. The van der Waals surface area contributed by atoms with Gasteiger partial charge in [-0.2, -0.15) is 0 Å². The summed E-state index contributed by atoms with van der Waals surface area (Å²) in [6.07, 6.45) is 2.77. The lowest BCUT2D eigenvalue weighted by Crippen LogP contribution is -2.33. The molecule has 1 aromatic heterocycles. The van der Waals surface area contributed by atoms with Gasteiger partial charge in [0.1, 0.15) is 17.5 Å². The van der Waals surface area contributed by atoms with Crippen LogP contribution in [0.2, 0.25) is 0 Å². The van der Waals surface area contributed by atoms with E-state index in [-0.39, 0.29) is 6.10 Å². The standard InChI is InChI=1S/C16H28N4O/c1-5-6-17-15-11(4)16(20-14(19-15)10(2)3)18-9-12-7-13(21)8-12/h10,12-13,21H,5-9H2,1-4H3,(H2,17,18,19,20). The number of aromatic nitrogens is 2. The topological polar surface area (TPSA) is 70.1 Å². The Morgan fingerprint density at radius 1 is 1.19 bits per heavy atom. The third-order valence-corrected chi connectivity index (χ3v) is 3.99. The Morgan fingerprint density at radius 2 is 1.81 bits per heavy atom. The highest BCUT2D eigenvalue weighted by atomic mass is 16.3. The lowest BCUT2D eigenvalue weighted by molar-refractivity contribution is 0.0486. The molecule has 0 aromatic carbocycles. The van der Waals surface area contributed by atoms with Crippen LogP contribution in [0.15, 0.2) is 0 Å². The predicted molar refractivity (Wildman–Crippen MR) is 86.9 cm³/mol. The summed E-state index contributed by atoms with van der Waals surface area (Å²) in [6.45, 7) is 10.2. The van der Waals surface area contributed by atoms with Crippen LogP contribution in [-0.2, 0) is 0 Å². The average molecular weight is 292 g/mol. The second-order valence-electron chi connectivity index (χ2n) is 6.36. The summed E-state index contributed by atoms with van der Waals surface area (Å²) in [4.78, 5) is 9.31. The number of aliphatic hydroxyl groups is 1. The Labute approximate surface area is 127 Å². The van der Waals surface area contributed by atoms with Crippen molar-refractivity contribution in [3.63, 3.8) is 0 Å². The molecular weight excluding hydrogens is 264 g/mol. The van der Waals surface area contributed by atoms with E-state index in [2.05, 4.69) is 48.3 Å². The quantitative estimate of drug-likeness (QED) is 0.721. The molecule has 0 aliphatic heterocycles. The summed E-state index contributed by atoms with van der Waals surface area (Å²) in [6, 6.07) is 0. The fourth-order valence-electron chi connectivity index (χ4n) is 2.49. The predicted octanol–water partition coefficient (Wildman–Crippen LogP) is 2.91. The number of hydrogen-bond donors (Lipinski definition) is 3. The lowest BCUT2D eigenvalue weighted by Gasteiger charge is -2.31. The van der Waals surface area contributed by atoms with Gasteiger partial charge in [0, 0.05) is 24.6 Å². The SMILES string of the molecule is CCCNc1nc(C(C)C)nc(NCC2CC(O)C2)c1C. The smallest absolute Gasteiger partial charge is 0.135 e. The molecule has 5 nitrogen and oxygen atoms in total. The minimum absolute atomic E-state index is 0.101. The van der Waals surface area contributed by atoms with Crippen molar-refractivity contribution in [2.45, 2.75) is 59.0 Å². The molecule has 0 spiro atoms.